The molecule has 2 aromatic rings. The molecular weight excluding hydrogens is 344 g/mol. The second kappa shape index (κ2) is 7.24. The first kappa shape index (κ1) is 17.9. The average Bonchev–Trinajstić information content (AvgIpc) is 3.03. The Balaban J connectivity index is 1.95. The van der Waals surface area contributed by atoms with Crippen LogP contribution in [0.2, 0.25) is 0 Å². The molecule has 2 aliphatic rings. The lowest BCUT2D eigenvalue weighted by Crippen LogP contribution is -2.44. The molecule has 0 bridgehead atoms. The zero-order valence-corrected chi connectivity index (χ0v) is 16.0. The smallest absolute Gasteiger partial charge is 0.332 e. The molecule has 1 aliphatic heterocycles. The number of nitrogens with one attached hydrogen (secondary N) is 1. The molecule has 0 unspecified atom stereocenters. The fraction of sp³-hybridized carbons (Fsp3) is 0.632. The molecule has 8 heteroatoms. The van der Waals surface area contributed by atoms with Crippen LogP contribution in [0.25, 0.3) is 11.2 Å². The van der Waals surface area contributed by atoms with E-state index in [0.717, 1.165) is 45.0 Å². The van der Waals surface area contributed by atoms with Crippen molar-refractivity contribution in [3.63, 3.8) is 0 Å². The number of hydrogen-bond acceptors (Lipinski definition) is 5. The van der Waals surface area contributed by atoms with Crippen molar-refractivity contribution in [2.45, 2.75) is 39.3 Å². The van der Waals surface area contributed by atoms with Crippen molar-refractivity contribution in [3.05, 3.63) is 20.8 Å². The standard InChI is InChI=1S/C19H26N6O2/c1-3-4-10-24-15-16(21-18(24)23-11-8-20-9-12-23)25(13-14-6-5-7-14)19(27)22(2)17(15)26/h14,20H,5-13H2,1-2H3. The number of anilines is 1. The van der Waals surface area contributed by atoms with Gasteiger partial charge in [-0.25, -0.2) is 4.79 Å². The summed E-state index contributed by atoms with van der Waals surface area (Å²) in [6, 6.07) is 0. The van der Waals surface area contributed by atoms with Crippen LogP contribution in [-0.4, -0.2) is 44.9 Å². The molecular formula is C19H26N6O2. The Kier molecular flexibility index (Phi) is 4.79. The van der Waals surface area contributed by atoms with Crippen LogP contribution in [0.5, 0.6) is 0 Å². The number of fused-ring (bicyclic) bond motifs is 1. The van der Waals surface area contributed by atoms with E-state index in [2.05, 4.69) is 22.1 Å². The number of rotatable bonds is 4. The molecule has 144 valence electrons. The van der Waals surface area contributed by atoms with Crippen LogP contribution < -0.4 is 21.5 Å². The summed E-state index contributed by atoms with van der Waals surface area (Å²) in [4.78, 5) is 32.8. The van der Waals surface area contributed by atoms with E-state index in [0.29, 0.717) is 30.2 Å². The van der Waals surface area contributed by atoms with Crippen LogP contribution in [0.15, 0.2) is 9.59 Å². The van der Waals surface area contributed by atoms with Gasteiger partial charge in [0.05, 0.1) is 6.54 Å². The highest BCUT2D eigenvalue weighted by atomic mass is 16.2. The molecule has 1 saturated heterocycles. The molecule has 27 heavy (non-hydrogen) atoms. The Morgan fingerprint density at radius 1 is 1.19 bits per heavy atom. The van der Waals surface area contributed by atoms with Crippen molar-refractivity contribution < 1.29 is 0 Å². The van der Waals surface area contributed by atoms with Crippen LogP contribution in [0.4, 0.5) is 5.95 Å². The topological polar surface area (TPSA) is 77.1 Å². The highest BCUT2D eigenvalue weighted by Crippen LogP contribution is 2.28. The van der Waals surface area contributed by atoms with Gasteiger partial charge in [0, 0.05) is 39.8 Å². The van der Waals surface area contributed by atoms with Crippen molar-refractivity contribution in [3.8, 4) is 11.8 Å². The Labute approximate surface area is 157 Å². The maximum absolute atomic E-state index is 13.0. The highest BCUT2D eigenvalue weighted by molar-refractivity contribution is 5.75. The Morgan fingerprint density at radius 3 is 2.56 bits per heavy atom. The van der Waals surface area contributed by atoms with Gasteiger partial charge in [0.15, 0.2) is 11.2 Å². The van der Waals surface area contributed by atoms with E-state index in [1.54, 1.807) is 18.5 Å². The van der Waals surface area contributed by atoms with Gasteiger partial charge in [-0.15, -0.1) is 5.92 Å². The highest BCUT2D eigenvalue weighted by Gasteiger charge is 2.26. The first-order chi connectivity index (χ1) is 13.1. The van der Waals surface area contributed by atoms with Crippen LogP contribution in [0.1, 0.15) is 26.2 Å². The van der Waals surface area contributed by atoms with Gasteiger partial charge in [-0.3, -0.25) is 18.5 Å². The van der Waals surface area contributed by atoms with E-state index in [-0.39, 0.29) is 11.2 Å². The minimum Gasteiger partial charge on any atom is -0.340 e. The second-order valence-electron chi connectivity index (χ2n) is 7.39. The molecule has 0 amide bonds. The summed E-state index contributed by atoms with van der Waals surface area (Å²) in [5.74, 6) is 7.19. The summed E-state index contributed by atoms with van der Waals surface area (Å²) < 4.78 is 4.79. The van der Waals surface area contributed by atoms with Gasteiger partial charge in [0.25, 0.3) is 5.56 Å². The zero-order chi connectivity index (χ0) is 19.0. The number of hydrogen-bond donors (Lipinski definition) is 1. The Bertz CT molecular complexity index is 1020. The molecule has 1 aliphatic carbocycles. The van der Waals surface area contributed by atoms with E-state index in [1.807, 2.05) is 4.57 Å². The van der Waals surface area contributed by atoms with E-state index in [9.17, 15) is 9.59 Å². The molecule has 0 radical (unpaired) electrons. The normalized spacial score (nSPS) is 17.6. The zero-order valence-electron chi connectivity index (χ0n) is 16.0. The van der Waals surface area contributed by atoms with Gasteiger partial charge in [0.1, 0.15) is 0 Å². The number of aromatic nitrogens is 4. The van der Waals surface area contributed by atoms with Crippen molar-refractivity contribution >= 4 is 17.1 Å². The summed E-state index contributed by atoms with van der Waals surface area (Å²) >= 11 is 0. The molecule has 4 rings (SSSR count). The van der Waals surface area contributed by atoms with Crippen molar-refractivity contribution in [2.24, 2.45) is 13.0 Å². The lowest BCUT2D eigenvalue weighted by Gasteiger charge is -2.28. The predicted molar refractivity (Wildman–Crippen MR) is 105 cm³/mol. The molecule has 1 saturated carbocycles. The van der Waals surface area contributed by atoms with Crippen LogP contribution in [-0.2, 0) is 20.1 Å². The van der Waals surface area contributed by atoms with Crippen molar-refractivity contribution in [1.29, 1.82) is 0 Å². The quantitative estimate of drug-likeness (QED) is 0.774. The van der Waals surface area contributed by atoms with Gasteiger partial charge in [0.2, 0.25) is 5.95 Å². The molecule has 0 spiro atoms. The monoisotopic (exact) mass is 370 g/mol. The molecule has 0 atom stereocenters. The number of piperazine rings is 1. The van der Waals surface area contributed by atoms with Gasteiger partial charge in [-0.05, 0) is 25.7 Å². The summed E-state index contributed by atoms with van der Waals surface area (Å²) in [5, 5.41) is 3.34. The van der Waals surface area contributed by atoms with Gasteiger partial charge < -0.3 is 10.2 Å². The minimum absolute atomic E-state index is 0.280. The molecule has 1 N–H and O–H groups in total. The predicted octanol–water partition coefficient (Wildman–Crippen LogP) is 0.130. The van der Waals surface area contributed by atoms with Gasteiger partial charge in [-0.2, -0.15) is 4.98 Å². The van der Waals surface area contributed by atoms with E-state index in [4.69, 9.17) is 4.98 Å². The average molecular weight is 370 g/mol. The molecule has 8 nitrogen and oxygen atoms in total. The van der Waals surface area contributed by atoms with Crippen LogP contribution in [0.3, 0.4) is 0 Å². The summed E-state index contributed by atoms with van der Waals surface area (Å²) in [6.45, 7) is 6.18. The van der Waals surface area contributed by atoms with Crippen molar-refractivity contribution in [1.82, 2.24) is 24.0 Å². The summed E-state index contributed by atoms with van der Waals surface area (Å²) in [6.07, 6.45) is 3.47. The van der Waals surface area contributed by atoms with Crippen molar-refractivity contribution in [2.75, 3.05) is 31.1 Å². The third-order valence-corrected chi connectivity index (χ3v) is 5.69. The Morgan fingerprint density at radius 2 is 1.93 bits per heavy atom. The third kappa shape index (κ3) is 3.06. The SMILES string of the molecule is CC#CCn1c(N2CCNCC2)nc2c1c(=O)n(C)c(=O)n2CC1CCC1. The van der Waals surface area contributed by atoms with Crippen LogP contribution in [0, 0.1) is 17.8 Å². The molecule has 0 aromatic carbocycles. The molecule has 2 fully saturated rings. The maximum Gasteiger partial charge on any atom is 0.332 e. The van der Waals surface area contributed by atoms with Gasteiger partial charge >= 0.3 is 5.69 Å². The lowest BCUT2D eigenvalue weighted by atomic mass is 9.85. The van der Waals surface area contributed by atoms with E-state index >= 15 is 0 Å². The maximum atomic E-state index is 13.0. The van der Waals surface area contributed by atoms with E-state index < -0.39 is 0 Å². The minimum atomic E-state index is -0.299. The summed E-state index contributed by atoms with van der Waals surface area (Å²) in [5.41, 5.74) is 0.401. The summed E-state index contributed by atoms with van der Waals surface area (Å²) in [7, 11) is 1.55. The second-order valence-corrected chi connectivity index (χ2v) is 7.39. The number of imidazole rings is 1. The lowest BCUT2D eigenvalue weighted by molar-refractivity contribution is 0.273. The molecule has 2 aromatic heterocycles. The van der Waals surface area contributed by atoms with E-state index in [1.165, 1.54) is 11.0 Å². The van der Waals surface area contributed by atoms with Gasteiger partial charge in [-0.1, -0.05) is 12.3 Å². The fourth-order valence-electron chi connectivity index (χ4n) is 3.86. The Hall–Kier alpha value is -2.53. The number of nitrogens with zero attached hydrogens (tertiary/aromatic N) is 5. The molecule has 3 heterocycles. The largest absolute Gasteiger partial charge is 0.340 e. The first-order valence-corrected chi connectivity index (χ1v) is 9.67. The first-order valence-electron chi connectivity index (χ1n) is 9.67. The third-order valence-electron chi connectivity index (χ3n) is 5.69. The van der Waals surface area contributed by atoms with Crippen LogP contribution >= 0.6 is 0 Å². The fourth-order valence-corrected chi connectivity index (χ4v) is 3.86.